The van der Waals surface area contributed by atoms with Gasteiger partial charge in [0.2, 0.25) is 0 Å². The molecule has 0 saturated carbocycles. The summed E-state index contributed by atoms with van der Waals surface area (Å²) < 4.78 is 9.90. The van der Waals surface area contributed by atoms with E-state index in [0.29, 0.717) is 11.3 Å². The van der Waals surface area contributed by atoms with Crippen molar-refractivity contribution in [3.63, 3.8) is 0 Å². The number of hydrogen-bond acceptors (Lipinski definition) is 5. The van der Waals surface area contributed by atoms with Crippen LogP contribution in [0.5, 0.6) is 11.5 Å². The Kier molecular flexibility index (Phi) is 5.41. The number of carbonyl (C=O) groups is 2. The first kappa shape index (κ1) is 15.9. The first-order chi connectivity index (χ1) is 10.6. The van der Waals surface area contributed by atoms with Crippen molar-refractivity contribution in [2.24, 2.45) is 0 Å². The van der Waals surface area contributed by atoms with E-state index in [2.05, 4.69) is 0 Å². The Morgan fingerprint density at radius 3 is 2.73 bits per heavy atom. The molecule has 0 bridgehead atoms. The Balaban J connectivity index is 1.84. The highest BCUT2D eigenvalue weighted by atomic mass is 16.5. The predicted molar refractivity (Wildman–Crippen MR) is 80.5 cm³/mol. The van der Waals surface area contributed by atoms with Gasteiger partial charge >= 0.3 is 5.97 Å². The van der Waals surface area contributed by atoms with Crippen molar-refractivity contribution in [1.82, 2.24) is 4.90 Å². The van der Waals surface area contributed by atoms with E-state index < -0.39 is 5.97 Å². The van der Waals surface area contributed by atoms with Crippen molar-refractivity contribution in [3.05, 3.63) is 29.8 Å². The summed E-state index contributed by atoms with van der Waals surface area (Å²) in [5, 5.41) is 9.48. The van der Waals surface area contributed by atoms with Crippen molar-refractivity contribution in [2.75, 3.05) is 26.8 Å². The lowest BCUT2D eigenvalue weighted by atomic mass is 10.2. The van der Waals surface area contributed by atoms with Gasteiger partial charge in [-0.15, -0.1) is 0 Å². The Morgan fingerprint density at radius 1 is 1.32 bits per heavy atom. The van der Waals surface area contributed by atoms with Crippen LogP contribution in [0.25, 0.3) is 6.08 Å². The van der Waals surface area contributed by atoms with Crippen molar-refractivity contribution in [1.29, 1.82) is 0 Å². The van der Waals surface area contributed by atoms with E-state index in [9.17, 15) is 14.7 Å². The molecule has 1 aromatic rings. The summed E-state index contributed by atoms with van der Waals surface area (Å²) in [6, 6.07) is 4.70. The lowest BCUT2D eigenvalue weighted by Crippen LogP contribution is -2.31. The second-order valence-corrected chi connectivity index (χ2v) is 4.96. The standard InChI is InChI=1S/C16H19NO5/c1-21-14-10-12(4-6-13(14)18)5-7-16(20)22-11-15(19)17-8-2-3-9-17/h4-7,10,18H,2-3,8-9,11H2,1H3. The molecule has 0 unspecified atom stereocenters. The van der Waals surface area contributed by atoms with Gasteiger partial charge in [-0.25, -0.2) is 4.79 Å². The summed E-state index contributed by atoms with van der Waals surface area (Å²) in [4.78, 5) is 25.0. The molecule has 1 heterocycles. The fourth-order valence-electron chi connectivity index (χ4n) is 2.20. The first-order valence-corrected chi connectivity index (χ1v) is 7.10. The van der Waals surface area contributed by atoms with Gasteiger partial charge in [-0.1, -0.05) is 6.07 Å². The third kappa shape index (κ3) is 4.25. The Labute approximate surface area is 128 Å². The summed E-state index contributed by atoms with van der Waals surface area (Å²) in [7, 11) is 1.45. The third-order valence-electron chi connectivity index (χ3n) is 3.41. The summed E-state index contributed by atoms with van der Waals surface area (Å²) >= 11 is 0. The summed E-state index contributed by atoms with van der Waals surface area (Å²) in [5.74, 6) is -0.400. The van der Waals surface area contributed by atoms with Crippen LogP contribution in [0.3, 0.4) is 0 Å². The third-order valence-corrected chi connectivity index (χ3v) is 3.41. The highest BCUT2D eigenvalue weighted by Gasteiger charge is 2.18. The number of aromatic hydroxyl groups is 1. The number of amides is 1. The average molecular weight is 305 g/mol. The molecule has 0 atom stereocenters. The van der Waals surface area contributed by atoms with Crippen molar-refractivity contribution >= 4 is 18.0 Å². The molecule has 1 aromatic carbocycles. The zero-order valence-electron chi connectivity index (χ0n) is 12.4. The molecule has 1 saturated heterocycles. The Hall–Kier alpha value is -2.50. The van der Waals surface area contributed by atoms with E-state index in [1.807, 2.05) is 0 Å². The van der Waals surface area contributed by atoms with Gasteiger partial charge in [0.15, 0.2) is 18.1 Å². The molecule has 22 heavy (non-hydrogen) atoms. The number of phenols is 1. The maximum absolute atomic E-state index is 11.7. The van der Waals surface area contributed by atoms with E-state index in [4.69, 9.17) is 9.47 Å². The number of phenolic OH excluding ortho intramolecular Hbond substituents is 1. The fraction of sp³-hybridized carbons (Fsp3) is 0.375. The normalized spacial score (nSPS) is 14.3. The minimum atomic E-state index is -0.584. The molecule has 1 fully saturated rings. The van der Waals surface area contributed by atoms with E-state index in [1.54, 1.807) is 17.0 Å². The number of likely N-dealkylation sites (tertiary alicyclic amines) is 1. The fourth-order valence-corrected chi connectivity index (χ4v) is 2.20. The van der Waals surface area contributed by atoms with Gasteiger partial charge in [0.05, 0.1) is 7.11 Å². The number of benzene rings is 1. The average Bonchev–Trinajstić information content (AvgIpc) is 3.06. The van der Waals surface area contributed by atoms with Gasteiger partial charge in [0.1, 0.15) is 0 Å². The second kappa shape index (κ2) is 7.49. The van der Waals surface area contributed by atoms with E-state index in [0.717, 1.165) is 25.9 Å². The molecule has 118 valence electrons. The molecule has 6 nitrogen and oxygen atoms in total. The first-order valence-electron chi connectivity index (χ1n) is 7.10. The predicted octanol–water partition coefficient (Wildman–Crippen LogP) is 1.58. The highest BCUT2D eigenvalue weighted by Crippen LogP contribution is 2.26. The van der Waals surface area contributed by atoms with Crippen LogP contribution < -0.4 is 4.74 Å². The van der Waals surface area contributed by atoms with Crippen molar-refractivity contribution < 1.29 is 24.2 Å². The molecule has 0 aromatic heterocycles. The molecule has 2 rings (SSSR count). The van der Waals surface area contributed by atoms with E-state index >= 15 is 0 Å². The topological polar surface area (TPSA) is 76.1 Å². The number of nitrogens with zero attached hydrogens (tertiary/aromatic N) is 1. The van der Waals surface area contributed by atoms with Crippen LogP contribution in [-0.2, 0) is 14.3 Å². The number of hydrogen-bond donors (Lipinski definition) is 1. The van der Waals surface area contributed by atoms with Gasteiger partial charge in [-0.2, -0.15) is 0 Å². The molecule has 1 aliphatic heterocycles. The molecule has 1 amide bonds. The smallest absolute Gasteiger partial charge is 0.331 e. The van der Waals surface area contributed by atoms with Crippen LogP contribution in [0.2, 0.25) is 0 Å². The van der Waals surface area contributed by atoms with Gasteiger partial charge in [-0.3, -0.25) is 4.79 Å². The lowest BCUT2D eigenvalue weighted by Gasteiger charge is -2.14. The summed E-state index contributed by atoms with van der Waals surface area (Å²) in [5.41, 5.74) is 0.678. The number of esters is 1. The molecule has 6 heteroatoms. The molecular formula is C16H19NO5. The number of carbonyl (C=O) groups excluding carboxylic acids is 2. The monoisotopic (exact) mass is 305 g/mol. The Morgan fingerprint density at radius 2 is 2.05 bits per heavy atom. The van der Waals surface area contributed by atoms with Crippen LogP contribution in [0, 0.1) is 0 Å². The summed E-state index contributed by atoms with van der Waals surface area (Å²) in [6.45, 7) is 1.24. The summed E-state index contributed by atoms with van der Waals surface area (Å²) in [6.07, 6.45) is 4.78. The highest BCUT2D eigenvalue weighted by molar-refractivity contribution is 5.89. The minimum Gasteiger partial charge on any atom is -0.504 e. The van der Waals surface area contributed by atoms with E-state index in [1.165, 1.54) is 25.3 Å². The van der Waals surface area contributed by atoms with Crippen LogP contribution >= 0.6 is 0 Å². The SMILES string of the molecule is COc1cc(C=CC(=O)OCC(=O)N2CCCC2)ccc1O. The van der Waals surface area contributed by atoms with Crippen molar-refractivity contribution in [3.8, 4) is 11.5 Å². The van der Waals surface area contributed by atoms with Gasteiger partial charge < -0.3 is 19.5 Å². The van der Waals surface area contributed by atoms with Gasteiger partial charge in [-0.05, 0) is 36.6 Å². The Bertz CT molecular complexity index is 576. The maximum Gasteiger partial charge on any atom is 0.331 e. The number of ether oxygens (including phenoxy) is 2. The molecule has 1 N–H and O–H groups in total. The number of methoxy groups -OCH3 is 1. The van der Waals surface area contributed by atoms with Gasteiger partial charge in [0.25, 0.3) is 5.91 Å². The van der Waals surface area contributed by atoms with Crippen LogP contribution in [0.15, 0.2) is 24.3 Å². The van der Waals surface area contributed by atoms with Crippen LogP contribution in [0.1, 0.15) is 18.4 Å². The molecule has 0 spiro atoms. The minimum absolute atomic E-state index is 0.0263. The van der Waals surface area contributed by atoms with Crippen LogP contribution in [0.4, 0.5) is 0 Å². The molecule has 0 radical (unpaired) electrons. The molecular weight excluding hydrogens is 286 g/mol. The van der Waals surface area contributed by atoms with Crippen LogP contribution in [-0.4, -0.2) is 48.7 Å². The largest absolute Gasteiger partial charge is 0.504 e. The quantitative estimate of drug-likeness (QED) is 0.660. The van der Waals surface area contributed by atoms with Crippen molar-refractivity contribution in [2.45, 2.75) is 12.8 Å². The zero-order valence-corrected chi connectivity index (χ0v) is 12.4. The number of rotatable bonds is 5. The molecule has 0 aliphatic carbocycles. The van der Waals surface area contributed by atoms with Gasteiger partial charge in [0, 0.05) is 19.2 Å². The second-order valence-electron chi connectivity index (χ2n) is 4.96. The molecule has 1 aliphatic rings. The lowest BCUT2D eigenvalue weighted by molar-refractivity contribution is -0.147. The maximum atomic E-state index is 11.7. The van der Waals surface area contributed by atoms with E-state index in [-0.39, 0.29) is 18.3 Å². The zero-order chi connectivity index (χ0) is 15.9.